The van der Waals surface area contributed by atoms with Crippen LogP contribution in [0.5, 0.6) is 0 Å². The van der Waals surface area contributed by atoms with Crippen molar-refractivity contribution in [3.63, 3.8) is 0 Å². The molecular weight excluding hydrogens is 322 g/mol. The summed E-state index contributed by atoms with van der Waals surface area (Å²) in [5, 5.41) is 14.9. The van der Waals surface area contributed by atoms with Gasteiger partial charge in [-0.3, -0.25) is 9.78 Å². The van der Waals surface area contributed by atoms with E-state index in [4.69, 9.17) is 0 Å². The predicted octanol–water partition coefficient (Wildman–Crippen LogP) is 2.56. The first-order valence-electron chi connectivity index (χ1n) is 7.55. The van der Waals surface area contributed by atoms with Gasteiger partial charge in [0.2, 0.25) is 5.91 Å². The molecular formula is C18H17N3O2S. The number of benzene rings is 1. The normalized spacial score (nSPS) is 10.5. The van der Waals surface area contributed by atoms with Crippen LogP contribution in [0.1, 0.15) is 16.8 Å². The van der Waals surface area contributed by atoms with Gasteiger partial charge in [-0.25, -0.2) is 4.98 Å². The Bertz CT molecular complexity index is 818. The van der Waals surface area contributed by atoms with Crippen LogP contribution in [-0.2, 0) is 24.4 Å². The summed E-state index contributed by atoms with van der Waals surface area (Å²) in [4.78, 5) is 20.7. The molecule has 0 radical (unpaired) electrons. The van der Waals surface area contributed by atoms with Crippen molar-refractivity contribution in [3.8, 4) is 10.6 Å². The predicted molar refractivity (Wildman–Crippen MR) is 93.3 cm³/mol. The van der Waals surface area contributed by atoms with Gasteiger partial charge in [-0.1, -0.05) is 24.3 Å². The van der Waals surface area contributed by atoms with Crippen LogP contribution in [0.15, 0.2) is 54.2 Å². The highest BCUT2D eigenvalue weighted by molar-refractivity contribution is 7.13. The first-order chi connectivity index (χ1) is 11.8. The highest BCUT2D eigenvalue weighted by atomic mass is 32.1. The summed E-state index contributed by atoms with van der Waals surface area (Å²) in [6, 6.07) is 11.3. The van der Waals surface area contributed by atoms with Crippen LogP contribution in [0.2, 0.25) is 0 Å². The number of aliphatic hydroxyl groups is 1. The minimum atomic E-state index is -0.0919. The minimum Gasteiger partial charge on any atom is -0.392 e. The largest absolute Gasteiger partial charge is 0.392 e. The molecule has 3 aromatic rings. The maximum Gasteiger partial charge on any atom is 0.226 e. The number of nitrogens with one attached hydrogen (secondary N) is 1. The topological polar surface area (TPSA) is 75.1 Å². The Morgan fingerprint density at radius 3 is 2.75 bits per heavy atom. The fraction of sp³-hybridized carbons (Fsp3) is 0.167. The maximum atomic E-state index is 12.1. The molecule has 0 fully saturated rings. The van der Waals surface area contributed by atoms with Crippen molar-refractivity contribution in [3.05, 3.63) is 71.0 Å². The van der Waals surface area contributed by atoms with Crippen molar-refractivity contribution in [1.82, 2.24) is 15.3 Å². The number of rotatable bonds is 6. The van der Waals surface area contributed by atoms with Crippen LogP contribution in [0, 0.1) is 0 Å². The number of hydrogen-bond acceptors (Lipinski definition) is 5. The third-order valence-corrected chi connectivity index (χ3v) is 4.51. The van der Waals surface area contributed by atoms with E-state index in [9.17, 15) is 9.90 Å². The third kappa shape index (κ3) is 4.04. The van der Waals surface area contributed by atoms with Gasteiger partial charge in [-0.05, 0) is 23.3 Å². The van der Waals surface area contributed by atoms with Crippen molar-refractivity contribution < 1.29 is 9.90 Å². The van der Waals surface area contributed by atoms with E-state index in [-0.39, 0.29) is 18.9 Å². The smallest absolute Gasteiger partial charge is 0.226 e. The second kappa shape index (κ2) is 7.81. The number of pyridine rings is 1. The molecule has 2 N–H and O–H groups in total. The van der Waals surface area contributed by atoms with Gasteiger partial charge in [-0.15, -0.1) is 11.3 Å². The fourth-order valence-electron chi connectivity index (χ4n) is 2.32. The molecule has 0 saturated carbocycles. The number of aliphatic hydroxyl groups excluding tert-OH is 1. The lowest BCUT2D eigenvalue weighted by Crippen LogP contribution is -2.25. The Kier molecular flexibility index (Phi) is 5.30. The van der Waals surface area contributed by atoms with Crippen LogP contribution in [0.4, 0.5) is 0 Å². The molecule has 0 aliphatic heterocycles. The van der Waals surface area contributed by atoms with Gasteiger partial charge in [0.1, 0.15) is 5.01 Å². The van der Waals surface area contributed by atoms with E-state index in [1.165, 1.54) is 11.3 Å². The molecule has 1 aromatic carbocycles. The Balaban J connectivity index is 1.58. The molecule has 0 aliphatic carbocycles. The van der Waals surface area contributed by atoms with Gasteiger partial charge in [0.25, 0.3) is 0 Å². The second-order valence-corrected chi connectivity index (χ2v) is 6.12. The third-order valence-electron chi connectivity index (χ3n) is 3.57. The number of carbonyl (C=O) groups excluding carboxylic acids is 1. The zero-order chi connectivity index (χ0) is 16.8. The van der Waals surface area contributed by atoms with Crippen LogP contribution in [0.25, 0.3) is 10.6 Å². The lowest BCUT2D eigenvalue weighted by molar-refractivity contribution is -0.120. The van der Waals surface area contributed by atoms with Gasteiger partial charge in [0.15, 0.2) is 0 Å². The summed E-state index contributed by atoms with van der Waals surface area (Å²) in [6.07, 6.45) is 3.71. The molecule has 0 saturated heterocycles. The summed E-state index contributed by atoms with van der Waals surface area (Å²) in [7, 11) is 0. The van der Waals surface area contributed by atoms with E-state index in [2.05, 4.69) is 15.3 Å². The molecule has 0 spiro atoms. The molecule has 2 aromatic heterocycles. The number of nitrogens with zero attached hydrogens (tertiary/aromatic N) is 2. The average molecular weight is 339 g/mol. The molecule has 3 rings (SSSR count). The van der Waals surface area contributed by atoms with Crippen molar-refractivity contribution in [2.75, 3.05) is 0 Å². The highest BCUT2D eigenvalue weighted by Gasteiger charge is 2.10. The number of carbonyl (C=O) groups is 1. The minimum absolute atomic E-state index is 0.0351. The van der Waals surface area contributed by atoms with Crippen molar-refractivity contribution in [1.29, 1.82) is 0 Å². The van der Waals surface area contributed by atoms with E-state index >= 15 is 0 Å². The Labute approximate surface area is 144 Å². The van der Waals surface area contributed by atoms with Crippen molar-refractivity contribution in [2.24, 2.45) is 0 Å². The highest BCUT2D eigenvalue weighted by Crippen LogP contribution is 2.22. The molecule has 0 unspecified atom stereocenters. The van der Waals surface area contributed by atoms with Crippen LogP contribution < -0.4 is 5.32 Å². The zero-order valence-corrected chi connectivity index (χ0v) is 13.8. The van der Waals surface area contributed by atoms with E-state index in [0.29, 0.717) is 6.54 Å². The summed E-state index contributed by atoms with van der Waals surface area (Å²) < 4.78 is 0. The molecule has 6 heteroatoms. The molecule has 0 atom stereocenters. The van der Waals surface area contributed by atoms with Crippen LogP contribution >= 0.6 is 11.3 Å². The molecule has 24 heavy (non-hydrogen) atoms. The molecule has 5 nitrogen and oxygen atoms in total. The van der Waals surface area contributed by atoms with E-state index in [1.54, 1.807) is 12.4 Å². The summed E-state index contributed by atoms with van der Waals surface area (Å²) in [6.45, 7) is 0.363. The maximum absolute atomic E-state index is 12.1. The summed E-state index contributed by atoms with van der Waals surface area (Å²) >= 11 is 1.50. The van der Waals surface area contributed by atoms with E-state index in [1.807, 2.05) is 41.8 Å². The van der Waals surface area contributed by atoms with Crippen molar-refractivity contribution in [2.45, 2.75) is 19.6 Å². The van der Waals surface area contributed by atoms with Crippen LogP contribution in [-0.4, -0.2) is 21.0 Å². The quantitative estimate of drug-likeness (QED) is 0.724. The Morgan fingerprint density at radius 2 is 2.00 bits per heavy atom. The van der Waals surface area contributed by atoms with Gasteiger partial charge < -0.3 is 10.4 Å². The van der Waals surface area contributed by atoms with E-state index in [0.717, 1.165) is 27.4 Å². The Hall–Kier alpha value is -2.57. The van der Waals surface area contributed by atoms with Crippen molar-refractivity contribution >= 4 is 17.2 Å². The first kappa shape index (κ1) is 16.3. The van der Waals surface area contributed by atoms with Gasteiger partial charge >= 0.3 is 0 Å². The monoisotopic (exact) mass is 339 g/mol. The lowest BCUT2D eigenvalue weighted by Gasteiger charge is -2.08. The Morgan fingerprint density at radius 1 is 1.17 bits per heavy atom. The second-order valence-electron chi connectivity index (χ2n) is 5.27. The van der Waals surface area contributed by atoms with Gasteiger partial charge in [0.05, 0.1) is 18.7 Å². The summed E-state index contributed by atoms with van der Waals surface area (Å²) in [5.74, 6) is -0.0919. The number of thiazole rings is 1. The average Bonchev–Trinajstić information content (AvgIpc) is 3.09. The number of amides is 1. The molecule has 1 amide bonds. The SMILES string of the molecule is O=C(Cc1csc(-c2cccnc2)n1)NCc1ccccc1CO. The fourth-order valence-corrected chi connectivity index (χ4v) is 3.13. The van der Waals surface area contributed by atoms with Crippen LogP contribution in [0.3, 0.4) is 0 Å². The lowest BCUT2D eigenvalue weighted by atomic mass is 10.1. The van der Waals surface area contributed by atoms with Gasteiger partial charge in [0, 0.05) is 29.9 Å². The van der Waals surface area contributed by atoms with E-state index < -0.39 is 0 Å². The number of hydrogen-bond donors (Lipinski definition) is 2. The first-order valence-corrected chi connectivity index (χ1v) is 8.43. The number of aromatic nitrogens is 2. The summed E-state index contributed by atoms with van der Waals surface area (Å²) in [5.41, 5.74) is 3.44. The van der Waals surface area contributed by atoms with Gasteiger partial charge in [-0.2, -0.15) is 0 Å². The molecule has 122 valence electrons. The standard InChI is InChI=1S/C18H17N3O2S/c22-11-15-5-2-1-4-13(15)10-20-17(23)8-16-12-24-18(21-16)14-6-3-7-19-9-14/h1-7,9,12,22H,8,10-11H2,(H,20,23). The molecule has 0 bridgehead atoms. The molecule has 0 aliphatic rings. The zero-order valence-electron chi connectivity index (χ0n) is 13.0. The molecule has 2 heterocycles.